The summed E-state index contributed by atoms with van der Waals surface area (Å²) in [5.74, 6) is -0.246. The maximum atomic E-state index is 13.2. The van der Waals surface area contributed by atoms with Crippen LogP contribution in [0.25, 0.3) is 11.3 Å². The number of aliphatic hydroxyl groups is 1. The predicted molar refractivity (Wildman–Crippen MR) is 149 cm³/mol. The molecule has 1 atom stereocenters. The number of fused-ring (bicyclic) bond motifs is 1. The van der Waals surface area contributed by atoms with Gasteiger partial charge in [-0.1, -0.05) is 53.6 Å². The summed E-state index contributed by atoms with van der Waals surface area (Å²) in [6.45, 7) is 3.77. The number of benzene rings is 2. The summed E-state index contributed by atoms with van der Waals surface area (Å²) in [5, 5.41) is 16.2. The smallest absolute Gasteiger partial charge is 0.254 e. The van der Waals surface area contributed by atoms with Crippen LogP contribution in [-0.4, -0.2) is 49.9 Å². The van der Waals surface area contributed by atoms with E-state index >= 15 is 0 Å². The number of hydrogen-bond donors (Lipinski definition) is 3. The van der Waals surface area contributed by atoms with Crippen LogP contribution < -0.4 is 10.6 Å². The summed E-state index contributed by atoms with van der Waals surface area (Å²) < 4.78 is 0. The van der Waals surface area contributed by atoms with Crippen LogP contribution in [0.2, 0.25) is 5.02 Å². The first-order valence-electron chi connectivity index (χ1n) is 12.4. The fraction of sp³-hybridized carbons (Fsp3) is 0.207. The zero-order chi connectivity index (χ0) is 27.5. The van der Waals surface area contributed by atoms with E-state index in [1.54, 1.807) is 12.3 Å². The van der Waals surface area contributed by atoms with E-state index in [4.69, 9.17) is 11.6 Å². The van der Waals surface area contributed by atoms with Gasteiger partial charge in [-0.25, -0.2) is 9.97 Å². The van der Waals surface area contributed by atoms with Crippen molar-refractivity contribution in [3.05, 3.63) is 100.0 Å². The summed E-state index contributed by atoms with van der Waals surface area (Å²) in [6.07, 6.45) is 3.21. The van der Waals surface area contributed by atoms with Crippen molar-refractivity contribution < 1.29 is 14.7 Å². The molecule has 0 aliphatic carbocycles. The zero-order valence-electron chi connectivity index (χ0n) is 21.5. The third kappa shape index (κ3) is 5.89. The maximum Gasteiger partial charge on any atom is 0.254 e. The number of pyridine rings is 1. The molecule has 10 heteroatoms. The van der Waals surface area contributed by atoms with Gasteiger partial charge in [-0.2, -0.15) is 0 Å². The number of aromatic nitrogens is 3. The van der Waals surface area contributed by atoms with E-state index in [0.717, 1.165) is 28.1 Å². The molecule has 2 aromatic heterocycles. The van der Waals surface area contributed by atoms with Gasteiger partial charge in [0.05, 0.1) is 29.6 Å². The highest BCUT2D eigenvalue weighted by Gasteiger charge is 2.30. The van der Waals surface area contributed by atoms with Gasteiger partial charge in [0.1, 0.15) is 6.54 Å². The van der Waals surface area contributed by atoms with Crippen LogP contribution in [0.1, 0.15) is 38.8 Å². The minimum Gasteiger partial charge on any atom is -0.394 e. The van der Waals surface area contributed by atoms with Crippen LogP contribution >= 0.6 is 11.6 Å². The number of hydrogen-bond acceptors (Lipinski definition) is 7. The number of carbonyl (C=O) groups excluding carboxylic acids is 2. The molecule has 3 N–H and O–H groups in total. The molecule has 4 aromatic rings. The van der Waals surface area contributed by atoms with E-state index in [-0.39, 0.29) is 25.0 Å². The molecule has 9 nitrogen and oxygen atoms in total. The Bertz CT molecular complexity index is 1560. The van der Waals surface area contributed by atoms with Crippen molar-refractivity contribution in [1.82, 2.24) is 25.2 Å². The molecule has 39 heavy (non-hydrogen) atoms. The lowest BCUT2D eigenvalue weighted by molar-refractivity contribution is -0.122. The molecule has 0 bridgehead atoms. The van der Waals surface area contributed by atoms with Gasteiger partial charge in [-0.3, -0.25) is 14.6 Å². The van der Waals surface area contributed by atoms with Crippen LogP contribution in [0.5, 0.6) is 0 Å². The number of aryl methyl sites for hydroxylation is 2. The maximum absolute atomic E-state index is 13.2. The fourth-order valence-corrected chi connectivity index (χ4v) is 4.75. The second-order valence-electron chi connectivity index (χ2n) is 9.45. The first kappa shape index (κ1) is 26.3. The molecule has 2 aromatic carbocycles. The number of carbonyl (C=O) groups is 2. The number of nitrogens with one attached hydrogen (secondary N) is 2. The molecule has 0 saturated heterocycles. The van der Waals surface area contributed by atoms with Crippen LogP contribution in [0.4, 0.5) is 11.6 Å². The average Bonchev–Trinajstić information content (AvgIpc) is 3.22. The molecule has 5 rings (SSSR count). The molecule has 3 heterocycles. The Balaban J connectivity index is 1.30. The number of anilines is 2. The molecule has 0 saturated carbocycles. The second-order valence-corrected chi connectivity index (χ2v) is 9.86. The monoisotopic (exact) mass is 542 g/mol. The quantitative estimate of drug-likeness (QED) is 0.302. The van der Waals surface area contributed by atoms with E-state index < -0.39 is 6.04 Å². The van der Waals surface area contributed by atoms with Crippen molar-refractivity contribution in [3.8, 4) is 11.3 Å². The molecular formula is C29H27ClN6O3. The molecular weight excluding hydrogens is 516 g/mol. The summed E-state index contributed by atoms with van der Waals surface area (Å²) in [7, 11) is 0. The summed E-state index contributed by atoms with van der Waals surface area (Å²) in [6, 6.07) is 16.2. The Morgan fingerprint density at radius 2 is 1.97 bits per heavy atom. The van der Waals surface area contributed by atoms with Crippen LogP contribution in [0, 0.1) is 13.8 Å². The Morgan fingerprint density at radius 1 is 1.13 bits per heavy atom. The van der Waals surface area contributed by atoms with Gasteiger partial charge in [-0.05, 0) is 43.2 Å². The normalized spacial score (nSPS) is 13.2. The molecule has 1 aliphatic heterocycles. The second kappa shape index (κ2) is 11.2. The van der Waals surface area contributed by atoms with Gasteiger partial charge in [0.25, 0.3) is 5.91 Å². The number of aliphatic hydroxyl groups excluding tert-OH is 1. The van der Waals surface area contributed by atoms with Gasteiger partial charge in [0.2, 0.25) is 11.9 Å². The van der Waals surface area contributed by atoms with E-state index in [2.05, 4.69) is 25.6 Å². The van der Waals surface area contributed by atoms with Gasteiger partial charge in [0.15, 0.2) is 0 Å². The Kier molecular flexibility index (Phi) is 7.53. The zero-order valence-corrected chi connectivity index (χ0v) is 22.2. The molecule has 2 amide bonds. The first-order valence-corrected chi connectivity index (χ1v) is 12.8. The van der Waals surface area contributed by atoms with E-state index in [0.29, 0.717) is 34.3 Å². The standard InChI is InChI=1S/C29H27ClN6O3/c1-17-4-3-5-19(10-17)25(16-37)34-26(38)15-36-14-21-7-6-20(12-23(21)28(36)39)27-24(30)13-32-29(35-27)33-22-8-9-31-18(2)11-22/h3-13,25,37H,14-16H2,1-2H3,(H,34,38)(H,31,32,33,35). The predicted octanol–water partition coefficient (Wildman–Crippen LogP) is 4.36. The first-order chi connectivity index (χ1) is 18.8. The van der Waals surface area contributed by atoms with Crippen LogP contribution in [0.15, 0.2) is 67.0 Å². The van der Waals surface area contributed by atoms with Crippen molar-refractivity contribution in [3.63, 3.8) is 0 Å². The highest BCUT2D eigenvalue weighted by atomic mass is 35.5. The molecule has 0 radical (unpaired) electrons. The van der Waals surface area contributed by atoms with Crippen LogP contribution in [-0.2, 0) is 11.3 Å². The number of halogens is 1. The molecule has 0 fully saturated rings. The van der Waals surface area contributed by atoms with E-state index in [9.17, 15) is 14.7 Å². The number of rotatable bonds is 8. The lowest BCUT2D eigenvalue weighted by Gasteiger charge is -2.20. The minimum absolute atomic E-state index is 0.126. The lowest BCUT2D eigenvalue weighted by atomic mass is 10.0. The van der Waals surface area contributed by atoms with Crippen molar-refractivity contribution in [2.75, 3.05) is 18.5 Å². The van der Waals surface area contributed by atoms with Crippen LogP contribution in [0.3, 0.4) is 0 Å². The van der Waals surface area contributed by atoms with E-state index in [1.807, 2.05) is 62.4 Å². The third-order valence-corrected chi connectivity index (χ3v) is 6.73. The molecule has 198 valence electrons. The lowest BCUT2D eigenvalue weighted by Crippen LogP contribution is -2.40. The van der Waals surface area contributed by atoms with Crippen molar-refractivity contribution >= 4 is 35.1 Å². The fourth-order valence-electron chi connectivity index (χ4n) is 4.55. The van der Waals surface area contributed by atoms with Gasteiger partial charge in [-0.15, -0.1) is 0 Å². The number of nitrogens with zero attached hydrogens (tertiary/aromatic N) is 4. The topological polar surface area (TPSA) is 120 Å². The summed E-state index contributed by atoms with van der Waals surface area (Å²) in [5.41, 5.74) is 5.93. The number of amides is 2. The highest BCUT2D eigenvalue weighted by Crippen LogP contribution is 2.32. The molecule has 1 aliphatic rings. The summed E-state index contributed by atoms with van der Waals surface area (Å²) >= 11 is 6.43. The van der Waals surface area contributed by atoms with Crippen molar-refractivity contribution in [2.24, 2.45) is 0 Å². The van der Waals surface area contributed by atoms with Crippen molar-refractivity contribution in [1.29, 1.82) is 0 Å². The van der Waals surface area contributed by atoms with Gasteiger partial charge in [0, 0.05) is 35.2 Å². The summed E-state index contributed by atoms with van der Waals surface area (Å²) in [4.78, 5) is 40.5. The third-order valence-electron chi connectivity index (χ3n) is 6.46. The van der Waals surface area contributed by atoms with Crippen molar-refractivity contribution in [2.45, 2.75) is 26.4 Å². The largest absolute Gasteiger partial charge is 0.394 e. The van der Waals surface area contributed by atoms with Gasteiger partial charge >= 0.3 is 0 Å². The minimum atomic E-state index is -0.553. The molecule has 0 spiro atoms. The van der Waals surface area contributed by atoms with Gasteiger partial charge < -0.3 is 20.6 Å². The van der Waals surface area contributed by atoms with E-state index in [1.165, 1.54) is 11.1 Å². The average molecular weight is 543 g/mol. The SMILES string of the molecule is Cc1cccc(C(CO)NC(=O)CN2Cc3ccc(-c4nc(Nc5ccnc(C)c5)ncc4Cl)cc3C2=O)c1. The Morgan fingerprint density at radius 3 is 2.74 bits per heavy atom. The Hall–Kier alpha value is -4.34. The molecule has 1 unspecified atom stereocenters. The Labute approximate surface area is 230 Å². The highest BCUT2D eigenvalue weighted by molar-refractivity contribution is 6.33.